The maximum atomic E-state index is 13.1. The lowest BCUT2D eigenvalue weighted by Gasteiger charge is -2.12. The van der Waals surface area contributed by atoms with E-state index in [1.54, 1.807) is 0 Å². The number of halogens is 2. The summed E-state index contributed by atoms with van der Waals surface area (Å²) in [5.41, 5.74) is 5.32. The van der Waals surface area contributed by atoms with Crippen molar-refractivity contribution >= 4 is 23.3 Å². The van der Waals surface area contributed by atoms with E-state index in [0.29, 0.717) is 0 Å². The molecule has 0 radical (unpaired) electrons. The molecule has 0 heterocycles. The van der Waals surface area contributed by atoms with Gasteiger partial charge in [-0.2, -0.15) is 0 Å². The van der Waals surface area contributed by atoms with Crippen LogP contribution in [-0.4, -0.2) is 18.7 Å². The quantitative estimate of drug-likeness (QED) is 0.683. The van der Waals surface area contributed by atoms with Gasteiger partial charge in [0.1, 0.15) is 17.7 Å². The summed E-state index contributed by atoms with van der Waals surface area (Å²) in [5, 5.41) is 0.0698. The molecule has 0 aromatic heterocycles. The zero-order valence-electron chi connectivity index (χ0n) is 10.3. The zero-order chi connectivity index (χ0) is 13.8. The van der Waals surface area contributed by atoms with Crippen LogP contribution in [0.2, 0.25) is 5.02 Å². The molecule has 2 rings (SSSR count). The Morgan fingerprint density at radius 1 is 1.42 bits per heavy atom. The van der Waals surface area contributed by atoms with Gasteiger partial charge in [-0.1, -0.05) is 11.6 Å². The molecule has 104 valence electrons. The van der Waals surface area contributed by atoms with Crippen molar-refractivity contribution < 1.29 is 18.7 Å². The summed E-state index contributed by atoms with van der Waals surface area (Å²) in [6, 6.07) is 2.30. The average molecular weight is 288 g/mol. The van der Waals surface area contributed by atoms with E-state index in [9.17, 15) is 9.18 Å². The molecule has 1 aromatic rings. The average Bonchev–Trinajstić information content (AvgIpc) is 2.85. The molecule has 19 heavy (non-hydrogen) atoms. The Bertz CT molecular complexity index is 475. The number of ether oxygens (including phenoxy) is 2. The molecular formula is C13H15ClFNO3. The minimum Gasteiger partial charge on any atom is -0.480 e. The standard InChI is InChI=1S/C13H15ClFNO3/c14-9-5-10(15)11(16)6-12(9)18-7-13(17)19-8-3-1-2-4-8/h5-6,8H,1-4,7,16H2. The monoisotopic (exact) mass is 287 g/mol. The van der Waals surface area contributed by atoms with Gasteiger partial charge in [0.25, 0.3) is 0 Å². The van der Waals surface area contributed by atoms with Crippen molar-refractivity contribution in [2.24, 2.45) is 0 Å². The fraction of sp³-hybridized carbons (Fsp3) is 0.462. The first kappa shape index (κ1) is 13.9. The molecule has 1 aliphatic rings. The van der Waals surface area contributed by atoms with E-state index in [1.807, 2.05) is 0 Å². The second kappa shape index (κ2) is 6.10. The van der Waals surface area contributed by atoms with Gasteiger partial charge < -0.3 is 15.2 Å². The molecule has 0 bridgehead atoms. The summed E-state index contributed by atoms with van der Waals surface area (Å²) < 4.78 is 23.5. The molecule has 0 amide bonds. The lowest BCUT2D eigenvalue weighted by atomic mass is 10.3. The molecule has 2 N–H and O–H groups in total. The number of hydrogen-bond acceptors (Lipinski definition) is 4. The van der Waals surface area contributed by atoms with E-state index >= 15 is 0 Å². The van der Waals surface area contributed by atoms with Gasteiger partial charge in [0.05, 0.1) is 10.7 Å². The van der Waals surface area contributed by atoms with Crippen LogP contribution in [-0.2, 0) is 9.53 Å². The van der Waals surface area contributed by atoms with E-state index in [-0.39, 0.29) is 29.2 Å². The fourth-order valence-corrected chi connectivity index (χ4v) is 2.22. The Kier molecular flexibility index (Phi) is 4.47. The van der Waals surface area contributed by atoms with E-state index in [1.165, 1.54) is 6.07 Å². The smallest absolute Gasteiger partial charge is 0.344 e. The summed E-state index contributed by atoms with van der Waals surface area (Å²) in [7, 11) is 0. The van der Waals surface area contributed by atoms with E-state index < -0.39 is 11.8 Å². The molecule has 0 spiro atoms. The fourth-order valence-electron chi connectivity index (χ4n) is 2.02. The van der Waals surface area contributed by atoms with Crippen molar-refractivity contribution in [2.75, 3.05) is 12.3 Å². The summed E-state index contributed by atoms with van der Waals surface area (Å²) in [5.74, 6) is -0.902. The Morgan fingerprint density at radius 2 is 2.11 bits per heavy atom. The second-order valence-electron chi connectivity index (χ2n) is 4.49. The summed E-state index contributed by atoms with van der Waals surface area (Å²) in [6.45, 7) is -0.263. The van der Waals surface area contributed by atoms with Crippen LogP contribution in [0.25, 0.3) is 0 Å². The highest BCUT2D eigenvalue weighted by Gasteiger charge is 2.19. The third kappa shape index (κ3) is 3.73. The van der Waals surface area contributed by atoms with Crippen LogP contribution in [0.1, 0.15) is 25.7 Å². The van der Waals surface area contributed by atoms with Crippen LogP contribution in [0.3, 0.4) is 0 Å². The highest BCUT2D eigenvalue weighted by Crippen LogP contribution is 2.29. The summed E-state index contributed by atoms with van der Waals surface area (Å²) >= 11 is 5.78. The minimum atomic E-state index is -0.620. The van der Waals surface area contributed by atoms with Crippen molar-refractivity contribution in [3.05, 3.63) is 23.0 Å². The number of nitrogen functional groups attached to an aromatic ring is 1. The molecular weight excluding hydrogens is 273 g/mol. The first-order valence-corrected chi connectivity index (χ1v) is 6.51. The number of hydrogen-bond donors (Lipinski definition) is 1. The molecule has 1 fully saturated rings. The van der Waals surface area contributed by atoms with Crippen LogP contribution >= 0.6 is 11.6 Å². The Hall–Kier alpha value is -1.49. The van der Waals surface area contributed by atoms with Crippen molar-refractivity contribution in [3.63, 3.8) is 0 Å². The molecule has 0 aliphatic heterocycles. The predicted octanol–water partition coefficient (Wildman–Crippen LogP) is 2.93. The topological polar surface area (TPSA) is 61.5 Å². The molecule has 1 aliphatic carbocycles. The third-order valence-electron chi connectivity index (χ3n) is 3.00. The SMILES string of the molecule is Nc1cc(OCC(=O)OC2CCCC2)c(Cl)cc1F. The molecule has 0 unspecified atom stereocenters. The van der Waals surface area contributed by atoms with Crippen molar-refractivity contribution in [2.45, 2.75) is 31.8 Å². The van der Waals surface area contributed by atoms with E-state index in [0.717, 1.165) is 31.7 Å². The van der Waals surface area contributed by atoms with Crippen LogP contribution in [0, 0.1) is 5.82 Å². The lowest BCUT2D eigenvalue weighted by molar-refractivity contribution is -0.151. The number of rotatable bonds is 4. The van der Waals surface area contributed by atoms with Crippen LogP contribution in [0.15, 0.2) is 12.1 Å². The molecule has 1 saturated carbocycles. The van der Waals surface area contributed by atoms with Crippen molar-refractivity contribution in [1.82, 2.24) is 0 Å². The second-order valence-corrected chi connectivity index (χ2v) is 4.90. The normalized spacial score (nSPS) is 15.5. The Balaban J connectivity index is 1.87. The number of nitrogens with two attached hydrogens (primary N) is 1. The largest absolute Gasteiger partial charge is 0.480 e. The number of esters is 1. The Labute approximate surface area is 115 Å². The maximum absolute atomic E-state index is 13.1. The summed E-state index contributed by atoms with van der Waals surface area (Å²) in [6.07, 6.45) is 3.95. The van der Waals surface area contributed by atoms with Gasteiger partial charge >= 0.3 is 5.97 Å². The number of carbonyl (C=O) groups is 1. The van der Waals surface area contributed by atoms with Gasteiger partial charge in [-0.25, -0.2) is 9.18 Å². The van der Waals surface area contributed by atoms with Gasteiger partial charge in [-0.15, -0.1) is 0 Å². The van der Waals surface area contributed by atoms with Crippen molar-refractivity contribution in [3.8, 4) is 5.75 Å². The highest BCUT2D eigenvalue weighted by molar-refractivity contribution is 6.32. The van der Waals surface area contributed by atoms with Crippen LogP contribution in [0.5, 0.6) is 5.75 Å². The third-order valence-corrected chi connectivity index (χ3v) is 3.29. The molecule has 0 atom stereocenters. The number of carbonyl (C=O) groups excluding carboxylic acids is 1. The molecule has 1 aromatic carbocycles. The van der Waals surface area contributed by atoms with E-state index in [2.05, 4.69) is 0 Å². The van der Waals surface area contributed by atoms with Gasteiger partial charge in [-0.05, 0) is 31.7 Å². The van der Waals surface area contributed by atoms with Crippen LogP contribution in [0.4, 0.5) is 10.1 Å². The first-order valence-electron chi connectivity index (χ1n) is 6.13. The Morgan fingerprint density at radius 3 is 2.79 bits per heavy atom. The molecule has 6 heteroatoms. The number of benzene rings is 1. The lowest BCUT2D eigenvalue weighted by Crippen LogP contribution is -2.20. The van der Waals surface area contributed by atoms with Crippen molar-refractivity contribution in [1.29, 1.82) is 0 Å². The first-order chi connectivity index (χ1) is 9.06. The number of anilines is 1. The predicted molar refractivity (Wildman–Crippen MR) is 69.7 cm³/mol. The van der Waals surface area contributed by atoms with Gasteiger partial charge in [0.15, 0.2) is 6.61 Å². The van der Waals surface area contributed by atoms with Crippen LogP contribution < -0.4 is 10.5 Å². The summed E-state index contributed by atoms with van der Waals surface area (Å²) in [4.78, 5) is 11.5. The zero-order valence-corrected chi connectivity index (χ0v) is 11.1. The van der Waals surface area contributed by atoms with Gasteiger partial charge in [-0.3, -0.25) is 0 Å². The molecule has 0 saturated heterocycles. The minimum absolute atomic E-state index is 0.00939. The maximum Gasteiger partial charge on any atom is 0.344 e. The molecule has 4 nitrogen and oxygen atoms in total. The van der Waals surface area contributed by atoms with Gasteiger partial charge in [0.2, 0.25) is 0 Å². The highest BCUT2D eigenvalue weighted by atomic mass is 35.5. The van der Waals surface area contributed by atoms with E-state index in [4.69, 9.17) is 26.8 Å². The van der Waals surface area contributed by atoms with Gasteiger partial charge in [0, 0.05) is 6.07 Å².